The first kappa shape index (κ1) is 34.5. The zero-order valence-electron chi connectivity index (χ0n) is 23.9. The van der Waals surface area contributed by atoms with Gasteiger partial charge in [-0.2, -0.15) is 0 Å². The Bertz CT molecular complexity index is 1160. The van der Waals surface area contributed by atoms with Gasteiger partial charge in [0.25, 0.3) is 0 Å². The molecule has 1 fully saturated rings. The lowest BCUT2D eigenvalue weighted by atomic mass is 10.0. The van der Waals surface area contributed by atoms with Crippen molar-refractivity contribution in [3.05, 3.63) is 35.9 Å². The van der Waals surface area contributed by atoms with Gasteiger partial charge >= 0.3 is 11.9 Å². The van der Waals surface area contributed by atoms with Gasteiger partial charge < -0.3 is 37.4 Å². The van der Waals surface area contributed by atoms with Gasteiger partial charge in [0, 0.05) is 6.42 Å². The summed E-state index contributed by atoms with van der Waals surface area (Å²) in [4.78, 5) is 80.0. The second-order valence-corrected chi connectivity index (χ2v) is 10.1. The summed E-state index contributed by atoms with van der Waals surface area (Å²) in [7, 11) is 0. The summed E-state index contributed by atoms with van der Waals surface area (Å²) in [6.07, 6.45) is 0.963. The van der Waals surface area contributed by atoms with Gasteiger partial charge in [0.2, 0.25) is 29.5 Å². The molecule has 1 heterocycles. The monoisotopic (exact) mass is 604 g/mol. The lowest BCUT2D eigenvalue weighted by Crippen LogP contribution is -2.78. The molecule has 1 aromatic carbocycles. The third kappa shape index (κ3) is 12.8. The topological polar surface area (TPSA) is 275 Å². The molecule has 1 aliphatic rings. The number of carboxylic acids is 1. The first-order chi connectivity index (χ1) is 20.5. The van der Waals surface area contributed by atoms with E-state index in [9.17, 15) is 33.9 Å². The van der Waals surface area contributed by atoms with E-state index >= 15 is 0 Å². The minimum absolute atomic E-state index is 0.0141. The molecular formula is C27H42N9O7+. The maximum Gasteiger partial charge on any atom is 0.338 e. The van der Waals surface area contributed by atoms with Gasteiger partial charge in [0.05, 0.1) is 19.5 Å². The van der Waals surface area contributed by atoms with Crippen molar-refractivity contribution < 1.29 is 38.9 Å². The number of rotatable bonds is 12. The molecule has 2 rings (SSSR count). The largest absolute Gasteiger partial charge is 0.481 e. The number of nitrogens with two attached hydrogens (primary N) is 3. The Morgan fingerprint density at radius 2 is 1.37 bits per heavy atom. The number of unbranched alkanes of at least 4 members (excludes halogenated alkanes) is 1. The van der Waals surface area contributed by atoms with Gasteiger partial charge in [-0.15, -0.1) is 0 Å². The number of carbonyl (C=O) groups is 6. The molecule has 0 aliphatic carbocycles. The molecule has 4 atom stereocenters. The number of hydrogen-bond donors (Lipinski definition) is 10. The van der Waals surface area contributed by atoms with Crippen LogP contribution in [0, 0.1) is 0 Å². The van der Waals surface area contributed by atoms with Gasteiger partial charge in [-0.1, -0.05) is 30.3 Å². The third-order valence-corrected chi connectivity index (χ3v) is 6.58. The Morgan fingerprint density at radius 1 is 0.791 bits per heavy atom. The van der Waals surface area contributed by atoms with Crippen LogP contribution in [0.5, 0.6) is 0 Å². The molecule has 13 N–H and O–H groups in total. The number of hydrogen-bond acceptors (Lipinski definition) is 7. The summed E-state index contributed by atoms with van der Waals surface area (Å²) in [5.41, 5.74) is 17.1. The van der Waals surface area contributed by atoms with E-state index in [0.29, 0.717) is 37.9 Å². The third-order valence-electron chi connectivity index (χ3n) is 6.58. The average Bonchev–Trinajstić information content (AvgIpc) is 2.95. The number of benzene rings is 1. The zero-order valence-corrected chi connectivity index (χ0v) is 23.9. The van der Waals surface area contributed by atoms with Crippen LogP contribution in [-0.4, -0.2) is 90.4 Å². The van der Waals surface area contributed by atoms with E-state index in [1.54, 1.807) is 30.3 Å². The lowest BCUT2D eigenvalue weighted by molar-refractivity contribution is -0.459. The van der Waals surface area contributed by atoms with Crippen molar-refractivity contribution in [3.63, 3.8) is 0 Å². The van der Waals surface area contributed by atoms with E-state index in [1.165, 1.54) is 0 Å². The van der Waals surface area contributed by atoms with Crippen molar-refractivity contribution in [1.82, 2.24) is 26.6 Å². The van der Waals surface area contributed by atoms with Crippen molar-refractivity contribution in [1.29, 1.82) is 0 Å². The fourth-order valence-corrected chi connectivity index (χ4v) is 4.37. The summed E-state index contributed by atoms with van der Waals surface area (Å²) < 4.78 is 0. The fourth-order valence-electron chi connectivity index (χ4n) is 4.37. The summed E-state index contributed by atoms with van der Waals surface area (Å²) in [6, 6.07) is 3.80. The van der Waals surface area contributed by atoms with Crippen LogP contribution in [0.3, 0.4) is 0 Å². The highest BCUT2D eigenvalue weighted by Crippen LogP contribution is 2.09. The highest BCUT2D eigenvalue weighted by atomic mass is 16.4. The molecule has 0 aromatic heterocycles. The molecule has 0 spiro atoms. The van der Waals surface area contributed by atoms with Gasteiger partial charge in [-0.3, -0.25) is 45.2 Å². The molecular weight excluding hydrogens is 562 g/mol. The van der Waals surface area contributed by atoms with E-state index in [4.69, 9.17) is 17.2 Å². The van der Waals surface area contributed by atoms with E-state index < -0.39 is 72.6 Å². The smallest absolute Gasteiger partial charge is 0.338 e. The van der Waals surface area contributed by atoms with Crippen LogP contribution in [0.15, 0.2) is 30.3 Å². The number of nitrogens with one attached hydrogen (secondary N) is 6. The summed E-state index contributed by atoms with van der Waals surface area (Å²) in [6.45, 7) is 0.0617. The van der Waals surface area contributed by atoms with Crippen LogP contribution in [0.1, 0.15) is 44.1 Å². The highest BCUT2D eigenvalue weighted by molar-refractivity contribution is 5.98. The van der Waals surface area contributed by atoms with Gasteiger partial charge in [-0.05, 0) is 44.2 Å². The quantitative estimate of drug-likeness (QED) is 0.0616. The molecule has 16 heteroatoms. The first-order valence-electron chi connectivity index (χ1n) is 14.1. The van der Waals surface area contributed by atoms with Crippen LogP contribution in [0.4, 0.5) is 0 Å². The van der Waals surface area contributed by atoms with Crippen molar-refractivity contribution in [2.45, 2.75) is 69.1 Å². The Morgan fingerprint density at radius 3 is 2.00 bits per heavy atom. The van der Waals surface area contributed by atoms with Crippen LogP contribution < -0.4 is 48.8 Å². The van der Waals surface area contributed by atoms with Crippen molar-refractivity contribution in [2.75, 3.05) is 19.6 Å². The molecule has 0 bridgehead atoms. The van der Waals surface area contributed by atoms with E-state index in [2.05, 4.69) is 31.6 Å². The molecule has 1 saturated heterocycles. The summed E-state index contributed by atoms with van der Waals surface area (Å²) >= 11 is 0. The van der Waals surface area contributed by atoms with Gasteiger partial charge in [0.15, 0.2) is 0 Å². The van der Waals surface area contributed by atoms with Gasteiger partial charge in [0.1, 0.15) is 24.2 Å². The normalized spacial score (nSPS) is 22.0. The number of aliphatic carboxylic acids is 1. The Hall–Kier alpha value is -4.73. The standard InChI is InChI=1S/C27H41N9O7/c28-11-5-4-9-18-24(41)34-17(10-6-12-31-27(29)30)23(40)32-15-21(37)33-20(14-22(38)39)26(43)36-19(25(42)35-18)13-16-7-2-1-3-8-16/h1-3,7-8,17-20H,4-6,9-15,28H2,(H,32,40)(H,33,37)(H,34,41)(H,35,42)(H,36,43)(H,38,39)(H4,29,30,31)/p+1. The van der Waals surface area contributed by atoms with Crippen LogP contribution >= 0.6 is 0 Å². The molecule has 1 aromatic rings. The Balaban J connectivity index is 2.44. The summed E-state index contributed by atoms with van der Waals surface area (Å²) in [5.74, 6) is -5.19. The van der Waals surface area contributed by atoms with E-state index in [0.717, 1.165) is 0 Å². The second-order valence-electron chi connectivity index (χ2n) is 10.1. The molecule has 0 radical (unpaired) electrons. The second kappa shape index (κ2) is 17.9. The first-order valence-corrected chi connectivity index (χ1v) is 14.1. The maximum absolute atomic E-state index is 13.6. The SMILES string of the molecule is NCCCCC1NC(=O)C(Cc2ccccc2)NC(=O)C(CC(=O)O)NC(=O)CNC(=O)C(CCC[NH+]=C(N)N)NC1=O. The predicted molar refractivity (Wildman–Crippen MR) is 154 cm³/mol. The minimum Gasteiger partial charge on any atom is -0.481 e. The molecule has 43 heavy (non-hydrogen) atoms. The Kier molecular flexibility index (Phi) is 14.4. The zero-order chi connectivity index (χ0) is 31.8. The van der Waals surface area contributed by atoms with Gasteiger partial charge in [-0.25, -0.2) is 0 Å². The summed E-state index contributed by atoms with van der Waals surface area (Å²) in [5, 5.41) is 21.9. The minimum atomic E-state index is -1.54. The fraction of sp³-hybridized carbons (Fsp3) is 0.519. The van der Waals surface area contributed by atoms with Crippen LogP contribution in [-0.2, 0) is 35.2 Å². The molecule has 16 nitrogen and oxygen atoms in total. The molecule has 5 amide bonds. The molecule has 4 unspecified atom stereocenters. The number of amides is 5. The van der Waals surface area contributed by atoms with Crippen LogP contribution in [0.25, 0.3) is 0 Å². The number of carbonyl (C=O) groups excluding carboxylic acids is 5. The number of guanidine groups is 1. The van der Waals surface area contributed by atoms with Crippen molar-refractivity contribution >= 4 is 41.5 Å². The molecule has 1 aliphatic heterocycles. The Labute approximate surface area is 249 Å². The van der Waals surface area contributed by atoms with E-state index in [-0.39, 0.29) is 25.2 Å². The van der Waals surface area contributed by atoms with Crippen LogP contribution in [0.2, 0.25) is 0 Å². The van der Waals surface area contributed by atoms with E-state index in [1.807, 2.05) is 0 Å². The predicted octanol–water partition coefficient (Wildman–Crippen LogP) is -4.96. The van der Waals surface area contributed by atoms with Crippen molar-refractivity contribution in [2.24, 2.45) is 17.2 Å². The molecule has 0 saturated carbocycles. The van der Waals surface area contributed by atoms with Crippen molar-refractivity contribution in [3.8, 4) is 0 Å². The molecule has 236 valence electrons. The highest BCUT2D eigenvalue weighted by Gasteiger charge is 2.33. The number of carboxylic acid groups (broad SMARTS) is 1. The maximum atomic E-state index is 13.6. The average molecular weight is 605 g/mol. The lowest BCUT2D eigenvalue weighted by Gasteiger charge is -2.26.